The Bertz CT molecular complexity index is 800. The molecule has 0 aliphatic carbocycles. The van der Waals surface area contributed by atoms with E-state index >= 15 is 0 Å². The Morgan fingerprint density at radius 3 is 2.41 bits per heavy atom. The van der Waals surface area contributed by atoms with Crippen molar-refractivity contribution in [3.05, 3.63) is 64.2 Å². The summed E-state index contributed by atoms with van der Waals surface area (Å²) in [6.07, 6.45) is -3.05. The first kappa shape index (κ1) is 20.8. The van der Waals surface area contributed by atoms with Gasteiger partial charge in [-0.05, 0) is 41.7 Å². The number of halogens is 3. The fraction of sp³-hybridized carbons (Fsp3) is 0.381. The van der Waals surface area contributed by atoms with Crippen molar-refractivity contribution in [2.24, 2.45) is 0 Å². The van der Waals surface area contributed by atoms with Crippen LogP contribution in [0.1, 0.15) is 41.7 Å². The molecule has 0 unspecified atom stereocenters. The molecule has 0 saturated carbocycles. The third-order valence-corrected chi connectivity index (χ3v) is 4.49. The van der Waals surface area contributed by atoms with E-state index in [1.54, 1.807) is 6.07 Å². The highest BCUT2D eigenvalue weighted by Crippen LogP contribution is 2.34. The fourth-order valence-electron chi connectivity index (χ4n) is 2.92. The molecule has 2 rings (SSSR count). The highest BCUT2D eigenvalue weighted by Gasteiger charge is 2.34. The van der Waals surface area contributed by atoms with Crippen LogP contribution < -0.4 is 10.1 Å². The maximum absolute atomic E-state index is 13.5. The molecule has 0 aliphatic rings. The SMILES string of the molecule is CCc1ccc(OCc2c(CC(=O)NC)cccc2C(F)(F)F)c(CC)c1. The molecule has 0 aliphatic heterocycles. The minimum absolute atomic E-state index is 0.00442. The number of likely N-dealkylation sites (N-methyl/N-ethyl adjacent to an activating group) is 1. The van der Waals surface area contributed by atoms with E-state index in [0.717, 1.165) is 30.0 Å². The Labute approximate surface area is 157 Å². The van der Waals surface area contributed by atoms with Crippen LogP contribution in [0, 0.1) is 0 Å². The molecule has 3 nitrogen and oxygen atoms in total. The molecule has 2 aromatic carbocycles. The van der Waals surface area contributed by atoms with Crippen molar-refractivity contribution < 1.29 is 22.7 Å². The van der Waals surface area contributed by atoms with E-state index in [4.69, 9.17) is 4.74 Å². The topological polar surface area (TPSA) is 38.3 Å². The average molecular weight is 379 g/mol. The second kappa shape index (κ2) is 8.93. The number of hydrogen-bond acceptors (Lipinski definition) is 2. The second-order valence-electron chi connectivity index (χ2n) is 6.23. The summed E-state index contributed by atoms with van der Waals surface area (Å²) in [6, 6.07) is 9.59. The first-order valence-corrected chi connectivity index (χ1v) is 8.93. The number of rotatable bonds is 7. The first-order chi connectivity index (χ1) is 12.8. The van der Waals surface area contributed by atoms with Crippen molar-refractivity contribution in [1.29, 1.82) is 0 Å². The van der Waals surface area contributed by atoms with Gasteiger partial charge in [0.1, 0.15) is 12.4 Å². The zero-order valence-corrected chi connectivity index (χ0v) is 15.7. The number of aryl methyl sites for hydroxylation is 2. The van der Waals surface area contributed by atoms with Gasteiger partial charge in [0.15, 0.2) is 0 Å². The van der Waals surface area contributed by atoms with Crippen molar-refractivity contribution >= 4 is 5.91 Å². The number of carbonyl (C=O) groups is 1. The second-order valence-corrected chi connectivity index (χ2v) is 6.23. The van der Waals surface area contributed by atoms with E-state index in [0.29, 0.717) is 11.3 Å². The predicted octanol–water partition coefficient (Wildman–Crippen LogP) is 4.70. The number of hydrogen-bond donors (Lipinski definition) is 1. The van der Waals surface area contributed by atoms with Crippen LogP contribution in [0.5, 0.6) is 5.75 Å². The molecule has 146 valence electrons. The molecule has 6 heteroatoms. The highest BCUT2D eigenvalue weighted by atomic mass is 19.4. The molecule has 27 heavy (non-hydrogen) atoms. The predicted molar refractivity (Wildman–Crippen MR) is 98.7 cm³/mol. The molecule has 1 N–H and O–H groups in total. The normalized spacial score (nSPS) is 11.3. The van der Waals surface area contributed by atoms with Gasteiger partial charge in [0.2, 0.25) is 5.91 Å². The Balaban J connectivity index is 2.37. The van der Waals surface area contributed by atoms with Crippen molar-refractivity contribution in [3.8, 4) is 5.75 Å². The maximum atomic E-state index is 13.5. The number of nitrogens with one attached hydrogen (secondary N) is 1. The average Bonchev–Trinajstić information content (AvgIpc) is 2.65. The van der Waals surface area contributed by atoms with Crippen LogP contribution in [0.15, 0.2) is 36.4 Å². The van der Waals surface area contributed by atoms with Gasteiger partial charge in [-0.25, -0.2) is 0 Å². The molecular weight excluding hydrogens is 355 g/mol. The van der Waals surface area contributed by atoms with Crippen molar-refractivity contribution in [3.63, 3.8) is 0 Å². The number of benzene rings is 2. The summed E-state index contributed by atoms with van der Waals surface area (Å²) in [4.78, 5) is 11.7. The molecule has 0 bridgehead atoms. The van der Waals surface area contributed by atoms with E-state index in [9.17, 15) is 18.0 Å². The van der Waals surface area contributed by atoms with Gasteiger partial charge in [0.25, 0.3) is 0 Å². The molecule has 0 aromatic heterocycles. The molecule has 1 amide bonds. The molecule has 0 radical (unpaired) electrons. The zero-order valence-electron chi connectivity index (χ0n) is 15.7. The first-order valence-electron chi connectivity index (χ1n) is 8.93. The van der Waals surface area contributed by atoms with Gasteiger partial charge in [-0.3, -0.25) is 4.79 Å². The van der Waals surface area contributed by atoms with Gasteiger partial charge >= 0.3 is 6.18 Å². The van der Waals surface area contributed by atoms with E-state index < -0.39 is 11.7 Å². The molecular formula is C21H24F3NO2. The molecule has 0 heterocycles. The molecule has 2 aromatic rings. The monoisotopic (exact) mass is 379 g/mol. The Hall–Kier alpha value is -2.50. The third-order valence-electron chi connectivity index (χ3n) is 4.49. The van der Waals surface area contributed by atoms with Crippen LogP contribution >= 0.6 is 0 Å². The minimum Gasteiger partial charge on any atom is -0.489 e. The van der Waals surface area contributed by atoms with Crippen LogP contribution in [-0.4, -0.2) is 13.0 Å². The summed E-state index contributed by atoms with van der Waals surface area (Å²) < 4.78 is 46.2. The lowest BCUT2D eigenvalue weighted by Crippen LogP contribution is -2.22. The van der Waals surface area contributed by atoms with Crippen LogP contribution in [0.4, 0.5) is 13.2 Å². The summed E-state index contributed by atoms with van der Waals surface area (Å²) in [6.45, 7) is 3.77. The zero-order chi connectivity index (χ0) is 20.0. The largest absolute Gasteiger partial charge is 0.489 e. The summed E-state index contributed by atoms with van der Waals surface area (Å²) in [5.74, 6) is 0.217. The van der Waals surface area contributed by atoms with Crippen LogP contribution in [-0.2, 0) is 36.8 Å². The number of alkyl halides is 3. The van der Waals surface area contributed by atoms with Crippen molar-refractivity contribution in [2.45, 2.75) is 45.9 Å². The summed E-state index contributed by atoms with van der Waals surface area (Å²) in [7, 11) is 1.45. The van der Waals surface area contributed by atoms with E-state index in [1.165, 1.54) is 19.2 Å². The lowest BCUT2D eigenvalue weighted by Gasteiger charge is -2.18. The smallest absolute Gasteiger partial charge is 0.416 e. The Morgan fingerprint density at radius 2 is 1.81 bits per heavy atom. The van der Waals surface area contributed by atoms with Crippen molar-refractivity contribution in [1.82, 2.24) is 5.32 Å². The van der Waals surface area contributed by atoms with Gasteiger partial charge in [0.05, 0.1) is 12.0 Å². The molecule has 0 atom stereocenters. The quantitative estimate of drug-likeness (QED) is 0.757. The molecule has 0 saturated heterocycles. The van der Waals surface area contributed by atoms with Gasteiger partial charge in [-0.2, -0.15) is 13.2 Å². The third kappa shape index (κ3) is 5.25. The minimum atomic E-state index is -4.52. The summed E-state index contributed by atoms with van der Waals surface area (Å²) >= 11 is 0. The maximum Gasteiger partial charge on any atom is 0.416 e. The van der Waals surface area contributed by atoms with Gasteiger partial charge < -0.3 is 10.1 Å². The number of ether oxygens (including phenoxy) is 1. The van der Waals surface area contributed by atoms with E-state index in [-0.39, 0.29) is 24.5 Å². The molecule has 0 spiro atoms. The molecule has 0 fully saturated rings. The standard InChI is InChI=1S/C21H24F3NO2/c1-4-14-9-10-19(15(5-2)11-14)27-13-17-16(12-20(26)25-3)7-6-8-18(17)21(22,23)24/h6-11H,4-5,12-13H2,1-3H3,(H,25,26). The Morgan fingerprint density at radius 1 is 1.07 bits per heavy atom. The summed E-state index contributed by atoms with van der Waals surface area (Å²) in [5.41, 5.74) is 1.64. The Kier molecular flexibility index (Phi) is 6.88. The van der Waals surface area contributed by atoms with E-state index in [1.807, 2.05) is 26.0 Å². The van der Waals surface area contributed by atoms with Gasteiger partial charge in [0, 0.05) is 12.6 Å². The van der Waals surface area contributed by atoms with Crippen LogP contribution in [0.25, 0.3) is 0 Å². The van der Waals surface area contributed by atoms with Gasteiger partial charge in [-0.15, -0.1) is 0 Å². The lowest BCUT2D eigenvalue weighted by atomic mass is 9.98. The van der Waals surface area contributed by atoms with Crippen LogP contribution in [0.2, 0.25) is 0 Å². The number of carbonyl (C=O) groups excluding carboxylic acids is 1. The number of amides is 1. The fourth-order valence-corrected chi connectivity index (χ4v) is 2.92. The van der Waals surface area contributed by atoms with Crippen LogP contribution in [0.3, 0.4) is 0 Å². The summed E-state index contributed by atoms with van der Waals surface area (Å²) in [5, 5.41) is 2.44. The van der Waals surface area contributed by atoms with Crippen molar-refractivity contribution in [2.75, 3.05) is 7.05 Å². The van der Waals surface area contributed by atoms with E-state index in [2.05, 4.69) is 5.32 Å². The van der Waals surface area contributed by atoms with Gasteiger partial charge in [-0.1, -0.05) is 38.1 Å². The lowest BCUT2D eigenvalue weighted by molar-refractivity contribution is -0.138. The highest BCUT2D eigenvalue weighted by molar-refractivity contribution is 5.78.